The van der Waals surface area contributed by atoms with Gasteiger partial charge in [0.25, 0.3) is 0 Å². The van der Waals surface area contributed by atoms with Gasteiger partial charge < -0.3 is 34.0 Å². The molecule has 2 aliphatic rings. The van der Waals surface area contributed by atoms with E-state index in [1.807, 2.05) is 0 Å². The van der Waals surface area contributed by atoms with E-state index in [1.165, 1.54) is 17.5 Å². The SMILES string of the molecule is C[C](C)=[Zr+2]([C]1=CC=CC1)[CH]1c2ccccc2-c2ccccc21.[Br-].[Br-]. The number of hydrogen-bond donors (Lipinski definition) is 0. The monoisotopic (exact) mass is 520 g/mol. The summed E-state index contributed by atoms with van der Waals surface area (Å²) < 4.78 is 4.11. The molecule has 0 saturated carbocycles. The molecule has 0 spiro atoms. The zero-order valence-electron chi connectivity index (χ0n) is 13.9. The third-order valence-electron chi connectivity index (χ3n) is 4.78. The Morgan fingerprint density at radius 3 is 1.88 bits per heavy atom. The first-order valence-electron chi connectivity index (χ1n) is 7.99. The van der Waals surface area contributed by atoms with Crippen molar-refractivity contribution in [2.24, 2.45) is 0 Å². The average Bonchev–Trinajstić information content (AvgIpc) is 3.16. The molecule has 0 aliphatic heterocycles. The van der Waals surface area contributed by atoms with E-state index in [0.717, 1.165) is 0 Å². The Bertz CT molecular complexity index is 797. The molecule has 2 aromatic rings. The molecule has 0 fully saturated rings. The molecular formula is C21H20Br2Zr. The molecule has 122 valence electrons. The van der Waals surface area contributed by atoms with Crippen molar-refractivity contribution in [1.29, 1.82) is 0 Å². The summed E-state index contributed by atoms with van der Waals surface area (Å²) in [5.74, 6) is 0. The van der Waals surface area contributed by atoms with Gasteiger partial charge in [-0.1, -0.05) is 0 Å². The molecule has 2 aromatic carbocycles. The molecule has 0 heterocycles. The van der Waals surface area contributed by atoms with E-state index in [4.69, 9.17) is 0 Å². The van der Waals surface area contributed by atoms with Gasteiger partial charge in [0.2, 0.25) is 0 Å². The summed E-state index contributed by atoms with van der Waals surface area (Å²) >= 11 is -1.87. The van der Waals surface area contributed by atoms with Crippen molar-refractivity contribution in [3.8, 4) is 11.1 Å². The van der Waals surface area contributed by atoms with Crippen LogP contribution >= 0.6 is 0 Å². The standard InChI is InChI=1S/C13H9.C5H5.C3H6.2BrH.Zr/c1-3-7-12-10(5-1)9-11-6-2-4-8-13(11)12;1-2-4-5-3-1;1-3-2;;;/h1-9H;1-3H,4H2;1-2H3;2*1H;/q;;;;;+2/p-2. The van der Waals surface area contributed by atoms with Gasteiger partial charge in [0.1, 0.15) is 0 Å². The number of allylic oxidation sites excluding steroid dienone is 4. The van der Waals surface area contributed by atoms with Crippen LogP contribution in [0.4, 0.5) is 0 Å². The second-order valence-corrected chi connectivity index (χ2v) is 13.8. The molecule has 0 amide bonds. The molecule has 0 unspecified atom stereocenters. The number of halogens is 2. The molecule has 3 heteroatoms. The van der Waals surface area contributed by atoms with Gasteiger partial charge in [-0.05, 0) is 0 Å². The Morgan fingerprint density at radius 2 is 1.42 bits per heavy atom. The Labute approximate surface area is 173 Å². The fourth-order valence-electron chi connectivity index (χ4n) is 3.91. The van der Waals surface area contributed by atoms with Crippen LogP contribution in [0.3, 0.4) is 0 Å². The minimum absolute atomic E-state index is 0. The van der Waals surface area contributed by atoms with E-state index in [1.54, 1.807) is 17.6 Å². The van der Waals surface area contributed by atoms with E-state index in [9.17, 15) is 0 Å². The summed E-state index contributed by atoms with van der Waals surface area (Å²) in [6, 6.07) is 18.1. The van der Waals surface area contributed by atoms with Crippen LogP contribution in [-0.2, 0) is 21.3 Å². The third kappa shape index (κ3) is 3.32. The van der Waals surface area contributed by atoms with Crippen LogP contribution in [0.5, 0.6) is 0 Å². The Morgan fingerprint density at radius 1 is 0.875 bits per heavy atom. The van der Waals surface area contributed by atoms with Crippen LogP contribution in [-0.4, -0.2) is 3.21 Å². The maximum Gasteiger partial charge on any atom is -1.00 e. The molecule has 0 saturated heterocycles. The molecule has 0 atom stereocenters. The van der Waals surface area contributed by atoms with Crippen LogP contribution in [0.1, 0.15) is 35.0 Å². The van der Waals surface area contributed by atoms with Gasteiger partial charge in [0, 0.05) is 0 Å². The van der Waals surface area contributed by atoms with Crippen LogP contribution in [0.25, 0.3) is 11.1 Å². The fourth-order valence-corrected chi connectivity index (χ4v) is 12.1. The molecule has 0 aromatic heterocycles. The van der Waals surface area contributed by atoms with E-state index in [2.05, 4.69) is 80.6 Å². The van der Waals surface area contributed by atoms with Crippen molar-refractivity contribution in [2.75, 3.05) is 0 Å². The maximum absolute atomic E-state index is 2.41. The van der Waals surface area contributed by atoms with Crippen molar-refractivity contribution in [3.63, 3.8) is 0 Å². The first-order valence-corrected chi connectivity index (χ1v) is 11.9. The van der Waals surface area contributed by atoms with Crippen molar-refractivity contribution >= 4 is 3.21 Å². The summed E-state index contributed by atoms with van der Waals surface area (Å²) in [6.07, 6.45) is 8.17. The van der Waals surface area contributed by atoms with Crippen LogP contribution in [0, 0.1) is 0 Å². The molecule has 0 N–H and O–H groups in total. The second-order valence-electron chi connectivity index (χ2n) is 6.35. The van der Waals surface area contributed by atoms with Gasteiger partial charge in [0.05, 0.1) is 0 Å². The van der Waals surface area contributed by atoms with Gasteiger partial charge in [-0.3, -0.25) is 0 Å². The zero-order chi connectivity index (χ0) is 15.1. The molecule has 0 nitrogen and oxygen atoms in total. The van der Waals surface area contributed by atoms with E-state index >= 15 is 0 Å². The van der Waals surface area contributed by atoms with Crippen LogP contribution < -0.4 is 34.0 Å². The first-order chi connectivity index (χ1) is 10.8. The number of rotatable bonds is 2. The summed E-state index contributed by atoms with van der Waals surface area (Å²) in [6.45, 7) is 4.74. The maximum atomic E-state index is 2.41. The molecular weight excluding hydrogens is 503 g/mol. The van der Waals surface area contributed by atoms with Crippen LogP contribution in [0.2, 0.25) is 0 Å². The third-order valence-corrected chi connectivity index (χ3v) is 13.0. The predicted molar refractivity (Wildman–Crippen MR) is 91.9 cm³/mol. The van der Waals surface area contributed by atoms with Crippen molar-refractivity contribution in [3.05, 3.63) is 81.2 Å². The predicted octanol–water partition coefficient (Wildman–Crippen LogP) is -0.561. The van der Waals surface area contributed by atoms with E-state index < -0.39 is 21.3 Å². The van der Waals surface area contributed by atoms with Gasteiger partial charge in [-0.2, -0.15) is 0 Å². The number of fused-ring (bicyclic) bond motifs is 3. The van der Waals surface area contributed by atoms with Crippen molar-refractivity contribution < 1.29 is 55.2 Å². The Kier molecular flexibility index (Phi) is 6.93. The van der Waals surface area contributed by atoms with Gasteiger partial charge in [0.15, 0.2) is 0 Å². The Balaban J connectivity index is 0.00000104. The summed E-state index contributed by atoms with van der Waals surface area (Å²) in [5.41, 5.74) is 6.09. The summed E-state index contributed by atoms with van der Waals surface area (Å²) in [4.78, 5) is 0. The minimum atomic E-state index is -1.87. The smallest absolute Gasteiger partial charge is 1.00 e. The Hall–Kier alpha value is -0.367. The fraction of sp³-hybridized carbons (Fsp3) is 0.190. The number of hydrogen-bond acceptors (Lipinski definition) is 0. The first kappa shape index (κ1) is 20.0. The van der Waals surface area contributed by atoms with Crippen LogP contribution in [0.15, 0.2) is 70.0 Å². The average molecular weight is 523 g/mol. The quantitative estimate of drug-likeness (QED) is 0.496. The molecule has 2 aliphatic carbocycles. The van der Waals surface area contributed by atoms with E-state index in [0.29, 0.717) is 3.63 Å². The molecule has 4 rings (SSSR count). The largest absolute Gasteiger partial charge is 1.00 e. The molecule has 0 radical (unpaired) electrons. The molecule has 24 heavy (non-hydrogen) atoms. The normalized spacial score (nSPS) is 13.8. The van der Waals surface area contributed by atoms with Crippen molar-refractivity contribution in [1.82, 2.24) is 0 Å². The van der Waals surface area contributed by atoms with Gasteiger partial charge >= 0.3 is 141 Å². The zero-order valence-corrected chi connectivity index (χ0v) is 19.5. The number of benzene rings is 2. The van der Waals surface area contributed by atoms with Crippen molar-refractivity contribution in [2.45, 2.75) is 23.9 Å². The van der Waals surface area contributed by atoms with Gasteiger partial charge in [-0.15, -0.1) is 0 Å². The van der Waals surface area contributed by atoms with E-state index in [-0.39, 0.29) is 34.0 Å². The molecule has 0 bridgehead atoms. The summed E-state index contributed by atoms with van der Waals surface area (Å²) in [5, 5.41) is 0. The minimum Gasteiger partial charge on any atom is -1.00 e. The second kappa shape index (κ2) is 8.34. The topological polar surface area (TPSA) is 0 Å². The van der Waals surface area contributed by atoms with Gasteiger partial charge in [-0.25, -0.2) is 0 Å². The summed E-state index contributed by atoms with van der Waals surface area (Å²) in [7, 11) is 0.